The number of hydrogen-bond donors (Lipinski definition) is 0. The first kappa shape index (κ1) is 35.1. The molecular weight excluding hydrogens is 601 g/mol. The van der Waals surface area contributed by atoms with Gasteiger partial charge in [-0.15, -0.1) is 80.1 Å². The van der Waals surface area contributed by atoms with Crippen LogP contribution in [0.25, 0.3) is 32.3 Å². The van der Waals surface area contributed by atoms with Crippen LogP contribution in [0.2, 0.25) is 0 Å². The molecule has 0 aliphatic heterocycles. The van der Waals surface area contributed by atoms with Crippen LogP contribution in [-0.4, -0.2) is 12.3 Å². The first-order chi connectivity index (χ1) is 17.3. The van der Waals surface area contributed by atoms with Crippen molar-refractivity contribution in [2.24, 2.45) is 0 Å². The Morgan fingerprint density at radius 1 is 0.553 bits per heavy atom. The molecule has 0 radical (unpaired) electrons. The molecule has 5 rings (SSSR count). The van der Waals surface area contributed by atoms with E-state index in [-0.39, 0.29) is 58.9 Å². The van der Waals surface area contributed by atoms with Crippen molar-refractivity contribution in [3.05, 3.63) is 91.0 Å². The van der Waals surface area contributed by atoms with Gasteiger partial charge in [-0.1, -0.05) is 103 Å². The molecule has 0 aromatic heterocycles. The molecule has 0 spiro atoms. The Hall–Kier alpha value is -0.967. The van der Waals surface area contributed by atoms with E-state index >= 15 is 0 Å². The van der Waals surface area contributed by atoms with Crippen molar-refractivity contribution < 1.29 is 51.0 Å². The Bertz CT molecular complexity index is 1210. The minimum absolute atomic E-state index is 0. The third kappa shape index (κ3) is 9.90. The molecule has 0 bridgehead atoms. The summed E-state index contributed by atoms with van der Waals surface area (Å²) in [5, 5.41) is 9.92. The summed E-state index contributed by atoms with van der Waals surface area (Å²) in [5.74, 6) is 0. The molecule has 5 aromatic rings. The first-order valence-corrected chi connectivity index (χ1v) is 15.4. The summed E-state index contributed by atoms with van der Waals surface area (Å²) in [7, 11) is 0.0642. The van der Waals surface area contributed by atoms with Gasteiger partial charge in [0, 0.05) is 0 Å². The van der Waals surface area contributed by atoms with Gasteiger partial charge < -0.3 is 24.8 Å². The first-order valence-electron chi connectivity index (χ1n) is 13.7. The smallest absolute Gasteiger partial charge is 1.00 e. The number of unbranched alkanes of at least 4 members (excludes halogenated alkanes) is 6. The summed E-state index contributed by atoms with van der Waals surface area (Å²) in [6, 6.07) is 33.1. The van der Waals surface area contributed by atoms with Crippen LogP contribution in [0.5, 0.6) is 0 Å². The molecule has 0 N–H and O–H groups in total. The molecule has 0 atom stereocenters. The van der Waals surface area contributed by atoms with Gasteiger partial charge >= 0.3 is 26.2 Å². The molecular formula is C34H41Cl2PZr. The van der Waals surface area contributed by atoms with E-state index in [1.165, 1.54) is 96.0 Å². The minimum atomic E-state index is 0. The van der Waals surface area contributed by atoms with E-state index < -0.39 is 0 Å². The average molecular weight is 643 g/mol. The largest absolute Gasteiger partial charge is 4.00 e. The van der Waals surface area contributed by atoms with Gasteiger partial charge in [0.05, 0.1) is 0 Å². The van der Waals surface area contributed by atoms with Gasteiger partial charge in [0.2, 0.25) is 0 Å². The molecule has 0 heterocycles. The third-order valence-corrected chi connectivity index (χ3v) is 9.75. The Balaban J connectivity index is 0.000000387. The predicted octanol–water partition coefficient (Wildman–Crippen LogP) is 4.54. The van der Waals surface area contributed by atoms with E-state index in [4.69, 9.17) is 0 Å². The second-order valence-corrected chi connectivity index (χ2v) is 12.3. The van der Waals surface area contributed by atoms with Crippen LogP contribution < -0.4 is 30.1 Å². The van der Waals surface area contributed by atoms with Gasteiger partial charge in [-0.2, -0.15) is 6.07 Å². The van der Waals surface area contributed by atoms with E-state index in [1.807, 2.05) is 0 Å². The van der Waals surface area contributed by atoms with Crippen molar-refractivity contribution in [3.8, 4) is 0 Å². The summed E-state index contributed by atoms with van der Waals surface area (Å²) >= 11 is 0. The van der Waals surface area contributed by atoms with Gasteiger partial charge in [-0.25, -0.2) is 0 Å². The Kier molecular flexibility index (Phi) is 17.7. The topological polar surface area (TPSA) is 0 Å². The second-order valence-electron chi connectivity index (χ2n) is 9.77. The number of halogens is 2. The van der Waals surface area contributed by atoms with Gasteiger partial charge in [0.1, 0.15) is 0 Å². The summed E-state index contributed by atoms with van der Waals surface area (Å²) in [5.41, 5.74) is 0. The Labute approximate surface area is 263 Å². The van der Waals surface area contributed by atoms with Crippen molar-refractivity contribution in [2.45, 2.75) is 65.2 Å². The normalized spacial score (nSPS) is 10.5. The predicted molar refractivity (Wildman–Crippen MR) is 161 cm³/mol. The molecule has 0 amide bonds. The number of benzene rings is 3. The molecule has 0 saturated carbocycles. The van der Waals surface area contributed by atoms with Gasteiger partial charge in [-0.3, -0.25) is 0 Å². The fraction of sp³-hybridized carbons (Fsp3) is 0.353. The summed E-state index contributed by atoms with van der Waals surface area (Å²) in [6.07, 6.45) is 14.1. The van der Waals surface area contributed by atoms with Crippen molar-refractivity contribution in [1.29, 1.82) is 0 Å². The Morgan fingerprint density at radius 2 is 1.03 bits per heavy atom. The Morgan fingerprint density at radius 3 is 1.53 bits per heavy atom. The summed E-state index contributed by atoms with van der Waals surface area (Å²) in [4.78, 5) is 0. The van der Waals surface area contributed by atoms with Crippen molar-refractivity contribution >= 4 is 45.5 Å². The second kappa shape index (κ2) is 19.2. The van der Waals surface area contributed by atoms with Crippen LogP contribution in [0, 0.1) is 0 Å². The zero-order valence-corrected chi connectivity index (χ0v) is 27.8. The van der Waals surface area contributed by atoms with Crippen LogP contribution >= 0.6 is 7.92 Å². The van der Waals surface area contributed by atoms with Gasteiger partial charge in [0.25, 0.3) is 0 Å². The fourth-order valence-electron chi connectivity index (χ4n) is 5.05. The van der Waals surface area contributed by atoms with Crippen molar-refractivity contribution in [2.75, 3.05) is 12.3 Å². The van der Waals surface area contributed by atoms with Crippen LogP contribution in [0.1, 0.15) is 65.2 Å². The summed E-state index contributed by atoms with van der Waals surface area (Å²) < 4.78 is 0. The van der Waals surface area contributed by atoms with E-state index in [2.05, 4.69) is 105 Å². The molecule has 38 heavy (non-hydrogen) atoms. The number of fused-ring (bicyclic) bond motifs is 4. The molecule has 0 aliphatic rings. The van der Waals surface area contributed by atoms with E-state index in [0.717, 1.165) is 0 Å². The molecule has 0 fully saturated rings. The van der Waals surface area contributed by atoms with Crippen LogP contribution in [0.15, 0.2) is 91.0 Å². The maximum atomic E-state index is 2.47. The van der Waals surface area contributed by atoms with Crippen LogP contribution in [-0.2, 0) is 26.2 Å². The molecule has 0 nitrogen and oxygen atoms in total. The quantitative estimate of drug-likeness (QED) is 0.113. The fourth-order valence-corrected chi connectivity index (χ4v) is 7.64. The van der Waals surface area contributed by atoms with E-state index in [0.29, 0.717) is 0 Å². The molecule has 0 unspecified atom stereocenters. The summed E-state index contributed by atoms with van der Waals surface area (Å²) in [6.45, 7) is 4.61. The minimum Gasteiger partial charge on any atom is -1.00 e. The maximum absolute atomic E-state index is 2.47. The van der Waals surface area contributed by atoms with Crippen LogP contribution in [0.3, 0.4) is 0 Å². The monoisotopic (exact) mass is 640 g/mol. The van der Waals surface area contributed by atoms with Crippen LogP contribution in [0.4, 0.5) is 0 Å². The molecule has 0 aliphatic carbocycles. The third-order valence-electron chi connectivity index (χ3n) is 7.05. The zero-order chi connectivity index (χ0) is 24.3. The van der Waals surface area contributed by atoms with Crippen molar-refractivity contribution in [1.82, 2.24) is 0 Å². The maximum Gasteiger partial charge on any atom is 4.00 e. The molecule has 200 valence electrons. The van der Waals surface area contributed by atoms with E-state index in [1.54, 1.807) is 5.30 Å². The zero-order valence-electron chi connectivity index (χ0n) is 22.9. The SMILES string of the molecule is CCCCCCP(CCCCCC)c1cc2ccccc2[cH-]1.[Cl-].[Cl-].[Zr+4].c1ccc2c(c1)[cH-]c1ccccc12. The number of rotatable bonds is 11. The van der Waals surface area contributed by atoms with Gasteiger partial charge in [0.15, 0.2) is 0 Å². The van der Waals surface area contributed by atoms with Crippen molar-refractivity contribution in [3.63, 3.8) is 0 Å². The number of hydrogen-bond acceptors (Lipinski definition) is 0. The van der Waals surface area contributed by atoms with E-state index in [9.17, 15) is 0 Å². The molecule has 4 heteroatoms. The average Bonchev–Trinajstić information content (AvgIpc) is 3.50. The van der Waals surface area contributed by atoms with Gasteiger partial charge in [-0.05, 0) is 25.2 Å². The molecule has 5 aromatic carbocycles. The standard InChI is InChI=1S/C21H32P.C13H9.2ClH.Zr/c1-3-5-7-11-15-22(16-12-8-6-4-2)21-17-19-13-9-10-14-20(19)18-21;1-3-7-12-10(5-1)9-11-6-2-4-8-13(11)12;;;/h9-10,13-14,17-18H,3-8,11-12,15-16H2,1-2H3;1-9H;2*1H;/q2*-1;;;+4/p-2. The molecule has 0 saturated heterocycles.